The van der Waals surface area contributed by atoms with Crippen LogP contribution in [0.5, 0.6) is 0 Å². The molecule has 1 aliphatic heterocycles. The van der Waals surface area contributed by atoms with Gasteiger partial charge in [-0.3, -0.25) is 18.1 Å². The quantitative estimate of drug-likeness (QED) is 0.412. The van der Waals surface area contributed by atoms with Gasteiger partial charge in [0.05, 0.1) is 25.6 Å². The van der Waals surface area contributed by atoms with Gasteiger partial charge in [-0.1, -0.05) is 0 Å². The Kier molecular flexibility index (Phi) is 6.74. The zero-order chi connectivity index (χ0) is 19.5. The first-order valence-corrected chi connectivity index (χ1v) is 10.1. The van der Waals surface area contributed by atoms with Crippen molar-refractivity contribution < 1.29 is 27.6 Å². The number of aliphatic hydroxyl groups excluding tert-OH is 2. The lowest BCUT2D eigenvalue weighted by atomic mass is 10.2. The van der Waals surface area contributed by atoms with Crippen LogP contribution in [0.2, 0.25) is 0 Å². The lowest BCUT2D eigenvalue weighted by Crippen LogP contribution is -2.42. The van der Waals surface area contributed by atoms with E-state index < -0.39 is 39.8 Å². The molecule has 3 atom stereocenters. The van der Waals surface area contributed by atoms with E-state index in [4.69, 9.17) is 9.84 Å². The van der Waals surface area contributed by atoms with Gasteiger partial charge in [0.2, 0.25) is 0 Å². The summed E-state index contributed by atoms with van der Waals surface area (Å²) in [6, 6.07) is 0. The van der Waals surface area contributed by atoms with Gasteiger partial charge < -0.3 is 14.9 Å². The molecule has 11 heteroatoms. The van der Waals surface area contributed by atoms with Gasteiger partial charge in [-0.25, -0.2) is 4.79 Å². The largest absolute Gasteiger partial charge is 0.394 e. The molecule has 1 aromatic rings. The van der Waals surface area contributed by atoms with Gasteiger partial charge in [0, 0.05) is 24.7 Å². The lowest BCUT2D eigenvalue weighted by Gasteiger charge is -2.17. The molecular formula is C15H24N2O8S. The van der Waals surface area contributed by atoms with E-state index in [0.717, 1.165) is 10.8 Å². The number of rotatable bonds is 8. The van der Waals surface area contributed by atoms with Crippen molar-refractivity contribution in [3.8, 4) is 0 Å². The Labute approximate surface area is 150 Å². The molecule has 148 valence electrons. The molecule has 0 spiro atoms. The summed E-state index contributed by atoms with van der Waals surface area (Å²) in [6.45, 7) is 1.27. The summed E-state index contributed by atoms with van der Waals surface area (Å²) in [5.41, 5.74) is -0.685. The maximum absolute atomic E-state index is 12.6. The second-order valence-corrected chi connectivity index (χ2v) is 7.95. The molecule has 1 aliphatic rings. The van der Waals surface area contributed by atoms with Gasteiger partial charge in [-0.15, -0.1) is 0 Å². The molecule has 0 saturated carbocycles. The number of hydrogen-bond acceptors (Lipinski definition) is 8. The van der Waals surface area contributed by atoms with Crippen LogP contribution in [0, 0.1) is 6.92 Å². The number of unbranched alkanes of at least 4 members (excludes halogenated alkanes) is 1. The number of aliphatic hydroxyl groups is 2. The van der Waals surface area contributed by atoms with E-state index in [1.165, 1.54) is 10.8 Å². The molecule has 2 N–H and O–H groups in total. The van der Waals surface area contributed by atoms with Crippen molar-refractivity contribution in [2.75, 3.05) is 19.5 Å². The van der Waals surface area contributed by atoms with E-state index in [0.29, 0.717) is 18.4 Å². The first-order chi connectivity index (χ1) is 12.1. The zero-order valence-electron chi connectivity index (χ0n) is 14.7. The molecule has 1 fully saturated rings. The van der Waals surface area contributed by atoms with E-state index in [9.17, 15) is 23.1 Å². The van der Waals surface area contributed by atoms with E-state index in [1.807, 2.05) is 0 Å². The molecule has 10 nitrogen and oxygen atoms in total. The van der Waals surface area contributed by atoms with Crippen LogP contribution in [0.15, 0.2) is 15.8 Å². The van der Waals surface area contributed by atoms with Crippen LogP contribution in [0.25, 0.3) is 0 Å². The molecular weight excluding hydrogens is 368 g/mol. The first kappa shape index (κ1) is 20.8. The summed E-state index contributed by atoms with van der Waals surface area (Å²) in [6.07, 6.45) is 0.752. The summed E-state index contributed by atoms with van der Waals surface area (Å²) < 4.78 is 34.2. The van der Waals surface area contributed by atoms with Crippen molar-refractivity contribution in [1.29, 1.82) is 0 Å². The third-order valence-corrected chi connectivity index (χ3v) is 4.73. The average Bonchev–Trinajstić information content (AvgIpc) is 2.93. The molecule has 0 unspecified atom stereocenters. The van der Waals surface area contributed by atoms with Crippen molar-refractivity contribution in [3.63, 3.8) is 0 Å². The van der Waals surface area contributed by atoms with Gasteiger partial charge in [0.15, 0.2) is 0 Å². The molecule has 1 saturated heterocycles. The first-order valence-electron chi connectivity index (χ1n) is 8.25. The smallest absolute Gasteiger partial charge is 0.333 e. The number of ether oxygens (including phenoxy) is 1. The molecule has 0 aliphatic carbocycles. The summed E-state index contributed by atoms with van der Waals surface area (Å²) in [5, 5.41) is 19.0. The fraction of sp³-hybridized carbons (Fsp3) is 0.733. The van der Waals surface area contributed by atoms with Crippen molar-refractivity contribution in [2.24, 2.45) is 0 Å². The third-order valence-electron chi connectivity index (χ3n) is 4.13. The second kappa shape index (κ2) is 8.44. The average molecular weight is 392 g/mol. The van der Waals surface area contributed by atoms with E-state index in [2.05, 4.69) is 4.18 Å². The normalized spacial score (nSPS) is 23.5. The molecule has 0 bridgehead atoms. The van der Waals surface area contributed by atoms with Gasteiger partial charge in [0.25, 0.3) is 15.7 Å². The van der Waals surface area contributed by atoms with Crippen LogP contribution in [-0.2, 0) is 25.6 Å². The molecule has 1 aromatic heterocycles. The fourth-order valence-corrected chi connectivity index (χ4v) is 3.21. The molecule has 26 heavy (non-hydrogen) atoms. The topological polar surface area (TPSA) is 137 Å². The SMILES string of the molecule is Cc1cn([C@H]2C[C@H](O)[C@@H](CO)O2)c(=O)n(CCCCOS(C)(=O)=O)c1=O. The zero-order valence-corrected chi connectivity index (χ0v) is 15.5. The standard InChI is InChI=1S/C15H24N2O8S/c1-10-8-17(13-7-11(19)12(9-18)25-13)15(21)16(14(10)20)5-3-4-6-24-26(2,22)23/h8,11-13,18-19H,3-7,9H2,1-2H3/t11-,12+,13+/m0/s1. The van der Waals surface area contributed by atoms with E-state index in [1.54, 1.807) is 6.92 Å². The number of aromatic nitrogens is 2. The second-order valence-electron chi connectivity index (χ2n) is 6.31. The van der Waals surface area contributed by atoms with Crippen LogP contribution in [-0.4, -0.2) is 59.4 Å². The Bertz CT molecular complexity index is 844. The predicted molar refractivity (Wildman–Crippen MR) is 91.3 cm³/mol. The van der Waals surface area contributed by atoms with Gasteiger partial charge >= 0.3 is 5.69 Å². The lowest BCUT2D eigenvalue weighted by molar-refractivity contribution is -0.0464. The van der Waals surface area contributed by atoms with Gasteiger partial charge in [-0.2, -0.15) is 8.42 Å². The van der Waals surface area contributed by atoms with Crippen LogP contribution in [0.1, 0.15) is 31.1 Å². The van der Waals surface area contributed by atoms with Crippen molar-refractivity contribution in [3.05, 3.63) is 32.6 Å². The minimum atomic E-state index is -3.52. The van der Waals surface area contributed by atoms with E-state index in [-0.39, 0.29) is 26.2 Å². The fourth-order valence-electron chi connectivity index (χ4n) is 2.79. The summed E-state index contributed by atoms with van der Waals surface area (Å²) in [4.78, 5) is 24.9. The van der Waals surface area contributed by atoms with Crippen molar-refractivity contribution in [2.45, 2.75) is 51.2 Å². The monoisotopic (exact) mass is 392 g/mol. The number of aryl methyl sites for hydroxylation is 1. The Morgan fingerprint density at radius 1 is 1.35 bits per heavy atom. The highest BCUT2D eigenvalue weighted by Gasteiger charge is 2.35. The highest BCUT2D eigenvalue weighted by molar-refractivity contribution is 7.85. The Balaban J connectivity index is 2.14. The van der Waals surface area contributed by atoms with Crippen molar-refractivity contribution in [1.82, 2.24) is 9.13 Å². The predicted octanol–water partition coefficient (Wildman–Crippen LogP) is -1.28. The van der Waals surface area contributed by atoms with Gasteiger partial charge in [-0.05, 0) is 19.8 Å². The van der Waals surface area contributed by atoms with Crippen LogP contribution in [0.3, 0.4) is 0 Å². The molecule has 2 heterocycles. The molecule has 2 rings (SSSR count). The number of hydrogen-bond donors (Lipinski definition) is 2. The number of nitrogens with zero attached hydrogens (tertiary/aromatic N) is 2. The van der Waals surface area contributed by atoms with Crippen LogP contribution in [0.4, 0.5) is 0 Å². The Hall–Kier alpha value is -1.53. The molecule has 0 amide bonds. The van der Waals surface area contributed by atoms with Gasteiger partial charge in [0.1, 0.15) is 12.3 Å². The third kappa shape index (κ3) is 5.01. The van der Waals surface area contributed by atoms with E-state index >= 15 is 0 Å². The highest BCUT2D eigenvalue weighted by atomic mass is 32.2. The maximum Gasteiger partial charge on any atom is 0.333 e. The van der Waals surface area contributed by atoms with Crippen LogP contribution >= 0.6 is 0 Å². The van der Waals surface area contributed by atoms with Crippen molar-refractivity contribution >= 4 is 10.1 Å². The minimum absolute atomic E-state index is 0.0241. The Morgan fingerprint density at radius 3 is 2.62 bits per heavy atom. The summed E-state index contributed by atoms with van der Waals surface area (Å²) in [7, 11) is -3.52. The minimum Gasteiger partial charge on any atom is -0.394 e. The maximum atomic E-state index is 12.6. The highest BCUT2D eigenvalue weighted by Crippen LogP contribution is 2.27. The van der Waals surface area contributed by atoms with Crippen LogP contribution < -0.4 is 11.2 Å². The summed E-state index contributed by atoms with van der Waals surface area (Å²) in [5.74, 6) is 0. The Morgan fingerprint density at radius 2 is 2.04 bits per heavy atom. The summed E-state index contributed by atoms with van der Waals surface area (Å²) >= 11 is 0. The molecule has 0 radical (unpaired) electrons. The molecule has 0 aromatic carbocycles.